The van der Waals surface area contributed by atoms with Crippen LogP contribution in [-0.2, 0) is 5.75 Å². The quantitative estimate of drug-likeness (QED) is 0.663. The summed E-state index contributed by atoms with van der Waals surface area (Å²) in [5.41, 5.74) is 2.24. The molecule has 0 bridgehead atoms. The Hall–Kier alpha value is -1.72. The maximum Gasteiger partial charge on any atom is 0.166 e. The molecule has 0 aliphatic rings. The minimum absolute atomic E-state index is 0.297. The summed E-state index contributed by atoms with van der Waals surface area (Å²) in [5, 5.41) is 1.16. The highest BCUT2D eigenvalue weighted by Gasteiger charge is 2.10. The van der Waals surface area contributed by atoms with E-state index in [4.69, 9.17) is 16.3 Å². The van der Waals surface area contributed by atoms with Gasteiger partial charge in [-0.05, 0) is 31.2 Å². The number of fused-ring (bicyclic) bond motifs is 1. The summed E-state index contributed by atoms with van der Waals surface area (Å²) in [6.07, 6.45) is 0. The van der Waals surface area contributed by atoms with Crippen LogP contribution in [0.15, 0.2) is 41.6 Å². The number of H-pyrrole nitrogens is 1. The fourth-order valence-corrected chi connectivity index (χ4v) is 3.33. The van der Waals surface area contributed by atoms with Gasteiger partial charge in [-0.15, -0.1) is 0 Å². The van der Waals surface area contributed by atoms with Crippen molar-refractivity contribution >= 4 is 34.4 Å². The Balaban J connectivity index is 1.79. The lowest BCUT2D eigenvalue weighted by Crippen LogP contribution is -1.90. The number of ether oxygens (including phenoxy) is 1. The first-order valence-corrected chi connectivity index (χ1v) is 8.22. The fraction of sp³-hybridized carbons (Fsp3) is 0.188. The molecule has 114 valence electrons. The van der Waals surface area contributed by atoms with E-state index >= 15 is 0 Å². The lowest BCUT2D eigenvalue weighted by Gasteiger charge is -2.03. The predicted molar refractivity (Wildman–Crippen MR) is 88.2 cm³/mol. The summed E-state index contributed by atoms with van der Waals surface area (Å²) in [4.78, 5) is 7.68. The second-order valence-corrected chi connectivity index (χ2v) is 6.01. The molecule has 0 aliphatic carbocycles. The molecule has 0 atom stereocenters. The highest BCUT2D eigenvalue weighted by Crippen LogP contribution is 2.29. The van der Waals surface area contributed by atoms with Gasteiger partial charge in [0, 0.05) is 22.4 Å². The molecule has 0 saturated heterocycles. The zero-order chi connectivity index (χ0) is 15.5. The number of aromatic amines is 1. The minimum Gasteiger partial charge on any atom is -0.494 e. The Morgan fingerprint density at radius 3 is 2.95 bits per heavy atom. The SMILES string of the molecule is CCOc1ccc2nc(SCc3c(F)cccc3Cl)[nH]c2c1. The third kappa shape index (κ3) is 3.20. The van der Waals surface area contributed by atoms with Crippen molar-refractivity contribution in [3.05, 3.63) is 52.8 Å². The number of nitrogens with zero attached hydrogens (tertiary/aromatic N) is 1. The lowest BCUT2D eigenvalue weighted by atomic mass is 10.2. The van der Waals surface area contributed by atoms with Crippen molar-refractivity contribution in [2.75, 3.05) is 6.61 Å². The van der Waals surface area contributed by atoms with E-state index in [2.05, 4.69) is 9.97 Å². The van der Waals surface area contributed by atoms with Gasteiger partial charge in [-0.3, -0.25) is 0 Å². The molecule has 0 saturated carbocycles. The van der Waals surface area contributed by atoms with E-state index in [1.807, 2.05) is 25.1 Å². The molecule has 3 rings (SSSR count). The molecular formula is C16H14ClFN2OS. The number of benzene rings is 2. The summed E-state index contributed by atoms with van der Waals surface area (Å²) in [6, 6.07) is 10.4. The molecule has 1 N–H and O–H groups in total. The Morgan fingerprint density at radius 2 is 2.18 bits per heavy atom. The summed E-state index contributed by atoms with van der Waals surface area (Å²) in [6.45, 7) is 2.56. The van der Waals surface area contributed by atoms with Gasteiger partial charge in [-0.1, -0.05) is 29.4 Å². The van der Waals surface area contributed by atoms with Crippen molar-refractivity contribution in [1.82, 2.24) is 9.97 Å². The molecule has 6 heteroatoms. The largest absolute Gasteiger partial charge is 0.494 e. The van der Waals surface area contributed by atoms with Crippen molar-refractivity contribution in [3.63, 3.8) is 0 Å². The number of halogens is 2. The first-order valence-electron chi connectivity index (χ1n) is 6.85. The van der Waals surface area contributed by atoms with Crippen molar-refractivity contribution < 1.29 is 9.13 Å². The fourth-order valence-electron chi connectivity index (χ4n) is 2.10. The number of rotatable bonds is 5. The molecule has 1 heterocycles. The normalized spacial score (nSPS) is 11.0. The van der Waals surface area contributed by atoms with Crippen molar-refractivity contribution in [2.24, 2.45) is 0 Å². The highest BCUT2D eigenvalue weighted by molar-refractivity contribution is 7.98. The molecule has 0 amide bonds. The number of thioether (sulfide) groups is 1. The number of imidazole rings is 1. The van der Waals surface area contributed by atoms with Crippen molar-refractivity contribution in [1.29, 1.82) is 0 Å². The van der Waals surface area contributed by atoms with Gasteiger partial charge in [0.25, 0.3) is 0 Å². The number of nitrogens with one attached hydrogen (secondary N) is 1. The van der Waals surface area contributed by atoms with E-state index in [1.54, 1.807) is 12.1 Å². The zero-order valence-electron chi connectivity index (χ0n) is 11.9. The second kappa shape index (κ2) is 6.58. The van der Waals surface area contributed by atoms with E-state index < -0.39 is 0 Å². The van der Waals surface area contributed by atoms with Crippen LogP contribution in [0.5, 0.6) is 5.75 Å². The van der Waals surface area contributed by atoms with Gasteiger partial charge < -0.3 is 9.72 Å². The third-order valence-electron chi connectivity index (χ3n) is 3.16. The zero-order valence-corrected chi connectivity index (χ0v) is 13.5. The van der Waals surface area contributed by atoms with Crippen LogP contribution in [0.2, 0.25) is 5.02 Å². The van der Waals surface area contributed by atoms with Crippen LogP contribution >= 0.6 is 23.4 Å². The summed E-state index contributed by atoms with van der Waals surface area (Å²) in [5.74, 6) is 0.922. The van der Waals surface area contributed by atoms with Crippen molar-refractivity contribution in [2.45, 2.75) is 17.8 Å². The molecular weight excluding hydrogens is 323 g/mol. The molecule has 3 aromatic rings. The maximum absolute atomic E-state index is 13.8. The summed E-state index contributed by atoms with van der Waals surface area (Å²) in [7, 11) is 0. The molecule has 1 aromatic heterocycles. The lowest BCUT2D eigenvalue weighted by molar-refractivity contribution is 0.340. The van der Waals surface area contributed by atoms with Gasteiger partial charge in [0.05, 0.1) is 17.6 Å². The first kappa shape index (κ1) is 15.2. The molecule has 2 aromatic carbocycles. The minimum atomic E-state index is -0.297. The topological polar surface area (TPSA) is 37.9 Å². The van der Waals surface area contributed by atoms with Gasteiger partial charge in [-0.25, -0.2) is 9.37 Å². The van der Waals surface area contributed by atoms with Crippen LogP contribution in [0.4, 0.5) is 4.39 Å². The van der Waals surface area contributed by atoms with Gasteiger partial charge in [0.15, 0.2) is 5.16 Å². The van der Waals surface area contributed by atoms with Gasteiger partial charge in [0.1, 0.15) is 11.6 Å². The number of aromatic nitrogens is 2. The van der Waals surface area contributed by atoms with Crippen LogP contribution in [-0.4, -0.2) is 16.6 Å². The monoisotopic (exact) mass is 336 g/mol. The Labute approximate surface area is 136 Å². The van der Waals surface area contributed by atoms with Gasteiger partial charge >= 0.3 is 0 Å². The number of hydrogen-bond donors (Lipinski definition) is 1. The molecule has 0 fully saturated rings. The van der Waals surface area contributed by atoms with E-state index in [-0.39, 0.29) is 5.82 Å². The van der Waals surface area contributed by atoms with Gasteiger partial charge in [-0.2, -0.15) is 0 Å². The van der Waals surface area contributed by atoms with Crippen LogP contribution in [0.3, 0.4) is 0 Å². The Bertz CT molecular complexity index is 786. The van der Waals surface area contributed by atoms with Crippen LogP contribution in [0.25, 0.3) is 11.0 Å². The Morgan fingerprint density at radius 1 is 1.32 bits per heavy atom. The average molecular weight is 337 g/mol. The molecule has 0 aliphatic heterocycles. The third-order valence-corrected chi connectivity index (χ3v) is 4.41. The standard InChI is InChI=1S/C16H14ClFN2OS/c1-2-21-10-6-7-14-15(8-10)20-16(19-14)22-9-11-12(17)4-3-5-13(11)18/h3-8H,2,9H2,1H3,(H,19,20). The molecule has 3 nitrogen and oxygen atoms in total. The maximum atomic E-state index is 13.8. The Kier molecular flexibility index (Phi) is 4.55. The van der Waals surface area contributed by atoms with Crippen LogP contribution in [0.1, 0.15) is 12.5 Å². The summed E-state index contributed by atoms with van der Waals surface area (Å²) < 4.78 is 19.2. The van der Waals surface area contributed by atoms with E-state index in [9.17, 15) is 4.39 Å². The van der Waals surface area contributed by atoms with Crippen LogP contribution in [0, 0.1) is 5.82 Å². The summed E-state index contributed by atoms with van der Waals surface area (Å²) >= 11 is 7.44. The van der Waals surface area contributed by atoms with E-state index in [0.29, 0.717) is 22.9 Å². The molecule has 22 heavy (non-hydrogen) atoms. The second-order valence-electron chi connectivity index (χ2n) is 4.64. The van der Waals surface area contributed by atoms with Crippen molar-refractivity contribution in [3.8, 4) is 5.75 Å². The molecule has 0 spiro atoms. The van der Waals surface area contributed by atoms with Gasteiger partial charge in [0.2, 0.25) is 0 Å². The molecule has 0 unspecified atom stereocenters. The highest BCUT2D eigenvalue weighted by atomic mass is 35.5. The number of hydrogen-bond acceptors (Lipinski definition) is 3. The van der Waals surface area contributed by atoms with Crippen LogP contribution < -0.4 is 4.74 Å². The smallest absolute Gasteiger partial charge is 0.166 e. The first-order chi connectivity index (χ1) is 10.7. The van der Waals surface area contributed by atoms with E-state index in [0.717, 1.165) is 21.9 Å². The van der Waals surface area contributed by atoms with E-state index in [1.165, 1.54) is 17.8 Å². The predicted octanol–water partition coefficient (Wildman–Crippen LogP) is 5.05. The molecule has 0 radical (unpaired) electrons. The average Bonchev–Trinajstić information content (AvgIpc) is 2.89.